The van der Waals surface area contributed by atoms with Crippen LogP contribution in [-0.2, 0) is 13.0 Å². The van der Waals surface area contributed by atoms with Crippen molar-refractivity contribution in [1.29, 1.82) is 0 Å². The minimum Gasteiger partial charge on any atom is -0.497 e. The van der Waals surface area contributed by atoms with Gasteiger partial charge in [0.2, 0.25) is 0 Å². The minimum absolute atomic E-state index is 0.0726. The molecule has 1 N–H and O–H groups in total. The van der Waals surface area contributed by atoms with Crippen molar-refractivity contribution in [3.8, 4) is 5.75 Å². The number of piperidine rings is 1. The Labute approximate surface area is 206 Å². The van der Waals surface area contributed by atoms with Crippen molar-refractivity contribution >= 4 is 16.8 Å². The summed E-state index contributed by atoms with van der Waals surface area (Å²) >= 11 is 0. The molecule has 0 radical (unpaired) electrons. The lowest BCUT2D eigenvalue weighted by Crippen LogP contribution is -2.51. The number of rotatable bonds is 7. The first kappa shape index (κ1) is 23.1. The van der Waals surface area contributed by atoms with Crippen molar-refractivity contribution in [2.45, 2.75) is 37.9 Å². The number of hydrogen-bond acceptors (Lipinski definition) is 4. The predicted molar refractivity (Wildman–Crippen MR) is 140 cm³/mol. The van der Waals surface area contributed by atoms with Crippen LogP contribution in [0.3, 0.4) is 0 Å². The number of nitrogens with zero attached hydrogens (tertiary/aromatic N) is 2. The number of para-hydroxylation sites is 1. The molecule has 4 aromatic rings. The van der Waals surface area contributed by atoms with Gasteiger partial charge in [0, 0.05) is 42.3 Å². The Morgan fingerprint density at radius 3 is 2.71 bits per heavy atom. The van der Waals surface area contributed by atoms with E-state index in [-0.39, 0.29) is 11.9 Å². The van der Waals surface area contributed by atoms with Gasteiger partial charge in [-0.3, -0.25) is 9.78 Å². The molecule has 5 heteroatoms. The summed E-state index contributed by atoms with van der Waals surface area (Å²) in [5, 5.41) is 4.97. The average molecular weight is 466 g/mol. The first-order valence-electron chi connectivity index (χ1n) is 12.3. The summed E-state index contributed by atoms with van der Waals surface area (Å²) in [6, 6.07) is 28.8. The molecule has 1 aromatic heterocycles. The summed E-state index contributed by atoms with van der Waals surface area (Å²) in [7, 11) is 1.63. The zero-order valence-corrected chi connectivity index (χ0v) is 20.1. The lowest BCUT2D eigenvalue weighted by molar-refractivity contribution is 0.0576. The highest BCUT2D eigenvalue weighted by molar-refractivity contribution is 5.95. The van der Waals surface area contributed by atoms with Gasteiger partial charge in [-0.25, -0.2) is 0 Å². The fraction of sp³-hybridized carbons (Fsp3) is 0.267. The lowest BCUT2D eigenvalue weighted by atomic mass is 9.91. The lowest BCUT2D eigenvalue weighted by Gasteiger charge is -2.40. The van der Waals surface area contributed by atoms with Gasteiger partial charge < -0.3 is 15.0 Å². The van der Waals surface area contributed by atoms with E-state index >= 15 is 0 Å². The second-order valence-corrected chi connectivity index (χ2v) is 9.16. The number of nitrogens with one attached hydrogen (secondary N) is 1. The molecule has 0 bridgehead atoms. The van der Waals surface area contributed by atoms with Crippen molar-refractivity contribution in [3.05, 3.63) is 108 Å². The van der Waals surface area contributed by atoms with Crippen molar-refractivity contribution in [3.63, 3.8) is 0 Å². The second-order valence-electron chi connectivity index (χ2n) is 9.16. The van der Waals surface area contributed by atoms with E-state index in [0.717, 1.165) is 37.9 Å². The minimum atomic E-state index is 0.0726. The van der Waals surface area contributed by atoms with Crippen LogP contribution >= 0.6 is 0 Å². The van der Waals surface area contributed by atoms with E-state index in [1.165, 1.54) is 16.5 Å². The van der Waals surface area contributed by atoms with Crippen LogP contribution in [0.4, 0.5) is 0 Å². The summed E-state index contributed by atoms with van der Waals surface area (Å²) in [4.78, 5) is 20.1. The zero-order valence-electron chi connectivity index (χ0n) is 20.1. The summed E-state index contributed by atoms with van der Waals surface area (Å²) in [6.07, 6.45) is 4.55. The highest BCUT2D eigenvalue weighted by Crippen LogP contribution is 2.25. The number of methoxy groups -OCH3 is 1. The largest absolute Gasteiger partial charge is 0.497 e. The number of benzene rings is 3. The number of ether oxygens (including phenoxy) is 1. The average Bonchev–Trinajstić information content (AvgIpc) is 2.92. The summed E-state index contributed by atoms with van der Waals surface area (Å²) in [5.41, 5.74) is 4.20. The number of aromatic nitrogens is 1. The number of pyridine rings is 1. The molecule has 0 spiro atoms. The Balaban J connectivity index is 1.33. The molecule has 5 nitrogen and oxygen atoms in total. The van der Waals surface area contributed by atoms with Crippen LogP contribution in [0.2, 0.25) is 0 Å². The zero-order chi connectivity index (χ0) is 24.0. The maximum Gasteiger partial charge on any atom is 0.254 e. The van der Waals surface area contributed by atoms with Crippen molar-refractivity contribution < 1.29 is 9.53 Å². The molecule has 1 aliphatic heterocycles. The Morgan fingerprint density at radius 2 is 1.86 bits per heavy atom. The van der Waals surface area contributed by atoms with Crippen LogP contribution < -0.4 is 10.1 Å². The molecule has 5 rings (SSSR count). The highest BCUT2D eigenvalue weighted by atomic mass is 16.5. The van der Waals surface area contributed by atoms with Gasteiger partial charge in [-0.2, -0.15) is 0 Å². The molecule has 1 saturated heterocycles. The number of likely N-dealkylation sites (tertiary alicyclic amines) is 1. The van der Waals surface area contributed by atoms with E-state index in [9.17, 15) is 4.79 Å². The summed E-state index contributed by atoms with van der Waals surface area (Å²) in [5.74, 6) is 0.778. The van der Waals surface area contributed by atoms with Gasteiger partial charge in [0.15, 0.2) is 0 Å². The molecule has 1 fully saturated rings. The second kappa shape index (κ2) is 10.7. The van der Waals surface area contributed by atoms with E-state index in [1.807, 2.05) is 42.6 Å². The van der Waals surface area contributed by atoms with Crippen LogP contribution in [0.1, 0.15) is 34.3 Å². The fourth-order valence-corrected chi connectivity index (χ4v) is 5.07. The van der Waals surface area contributed by atoms with Crippen molar-refractivity contribution in [2.24, 2.45) is 0 Å². The molecular weight excluding hydrogens is 434 g/mol. The molecule has 2 heterocycles. The Morgan fingerprint density at radius 1 is 1.03 bits per heavy atom. The SMILES string of the molecule is COc1cccc(C(=O)N2CC[C@H](NCc3ccnc4ccccc34)C[C@H]2Cc2ccccc2)c1. The quantitative estimate of drug-likeness (QED) is 0.405. The molecular formula is C30H31N3O2. The number of amides is 1. The van der Waals surface area contributed by atoms with Gasteiger partial charge in [0.25, 0.3) is 5.91 Å². The Kier molecular flexibility index (Phi) is 7.05. The predicted octanol–water partition coefficient (Wildman–Crippen LogP) is 5.25. The van der Waals surface area contributed by atoms with Gasteiger partial charge in [0.1, 0.15) is 5.75 Å². The third kappa shape index (κ3) is 5.36. The van der Waals surface area contributed by atoms with Gasteiger partial charge in [0.05, 0.1) is 12.6 Å². The standard InChI is InChI=1S/C30H31N3O2/c1-35-27-11-7-10-23(19-27)30(34)33-17-15-25(20-26(33)18-22-8-3-2-4-9-22)32-21-24-14-16-31-29-13-6-5-12-28(24)29/h2-14,16,19,25-26,32H,15,17-18,20-21H2,1H3/t25-,26+/m0/s1. The highest BCUT2D eigenvalue weighted by Gasteiger charge is 2.32. The van der Waals surface area contributed by atoms with Crippen molar-refractivity contribution in [1.82, 2.24) is 15.2 Å². The third-order valence-electron chi connectivity index (χ3n) is 6.93. The number of carbonyl (C=O) groups is 1. The van der Waals surface area contributed by atoms with Crippen LogP contribution in [-0.4, -0.2) is 41.5 Å². The molecule has 1 amide bonds. The molecule has 2 atom stereocenters. The molecule has 0 aliphatic carbocycles. The number of hydrogen-bond donors (Lipinski definition) is 1. The van der Waals surface area contributed by atoms with E-state index in [1.54, 1.807) is 7.11 Å². The van der Waals surface area contributed by atoms with Gasteiger partial charge in [-0.15, -0.1) is 0 Å². The monoisotopic (exact) mass is 465 g/mol. The van der Waals surface area contributed by atoms with Crippen LogP contribution in [0.15, 0.2) is 91.1 Å². The number of carbonyl (C=O) groups excluding carboxylic acids is 1. The van der Waals surface area contributed by atoms with Crippen molar-refractivity contribution in [2.75, 3.05) is 13.7 Å². The molecule has 3 aromatic carbocycles. The molecule has 35 heavy (non-hydrogen) atoms. The van der Waals surface area contributed by atoms with E-state index in [4.69, 9.17) is 4.74 Å². The molecule has 178 valence electrons. The maximum atomic E-state index is 13.5. The van der Waals surface area contributed by atoms with Gasteiger partial charge in [-0.1, -0.05) is 54.6 Å². The fourth-order valence-electron chi connectivity index (χ4n) is 5.07. The van der Waals surface area contributed by atoms with E-state index < -0.39 is 0 Å². The molecule has 0 saturated carbocycles. The smallest absolute Gasteiger partial charge is 0.254 e. The molecule has 0 unspecified atom stereocenters. The molecule has 1 aliphatic rings. The van der Waals surface area contributed by atoms with E-state index in [0.29, 0.717) is 17.4 Å². The number of fused-ring (bicyclic) bond motifs is 1. The normalized spacial score (nSPS) is 17.9. The first-order chi connectivity index (χ1) is 17.2. The first-order valence-corrected chi connectivity index (χ1v) is 12.3. The maximum absolute atomic E-state index is 13.5. The topological polar surface area (TPSA) is 54.5 Å². The van der Waals surface area contributed by atoms with Crippen LogP contribution in [0.25, 0.3) is 10.9 Å². The van der Waals surface area contributed by atoms with Gasteiger partial charge in [-0.05, 0) is 60.7 Å². The van der Waals surface area contributed by atoms with Crippen LogP contribution in [0, 0.1) is 0 Å². The summed E-state index contributed by atoms with van der Waals surface area (Å²) < 4.78 is 5.35. The summed E-state index contributed by atoms with van der Waals surface area (Å²) in [6.45, 7) is 1.51. The van der Waals surface area contributed by atoms with Crippen LogP contribution in [0.5, 0.6) is 5.75 Å². The van der Waals surface area contributed by atoms with E-state index in [2.05, 4.69) is 63.7 Å². The Bertz CT molecular complexity index is 1290. The van der Waals surface area contributed by atoms with Gasteiger partial charge >= 0.3 is 0 Å². The Hall–Kier alpha value is -3.70. The third-order valence-corrected chi connectivity index (χ3v) is 6.93.